The van der Waals surface area contributed by atoms with E-state index in [2.05, 4.69) is 17.2 Å². The fourth-order valence-corrected chi connectivity index (χ4v) is 2.20. The van der Waals surface area contributed by atoms with Gasteiger partial charge in [-0.15, -0.1) is 0 Å². The van der Waals surface area contributed by atoms with Crippen LogP contribution in [0.5, 0.6) is 0 Å². The van der Waals surface area contributed by atoms with Crippen molar-refractivity contribution in [2.24, 2.45) is 5.84 Å². The molecule has 18 heavy (non-hydrogen) atoms. The molecule has 0 aromatic heterocycles. The van der Waals surface area contributed by atoms with Crippen molar-refractivity contribution in [3.63, 3.8) is 0 Å². The van der Waals surface area contributed by atoms with Gasteiger partial charge < -0.3 is 10.3 Å². The number of anilines is 2. The Balaban J connectivity index is 2.43. The highest BCUT2D eigenvalue weighted by Crippen LogP contribution is 2.40. The molecule has 3 N–H and O–H groups in total. The summed E-state index contributed by atoms with van der Waals surface area (Å²) >= 11 is 0. The Morgan fingerprint density at radius 1 is 1.56 bits per heavy atom. The molecule has 0 radical (unpaired) electrons. The molecule has 0 atom stereocenters. The van der Waals surface area contributed by atoms with Crippen LogP contribution in [-0.2, 0) is 0 Å². The molecule has 0 saturated heterocycles. The molecule has 0 unspecified atom stereocenters. The predicted molar refractivity (Wildman–Crippen MR) is 71.6 cm³/mol. The molecule has 0 heterocycles. The molecule has 0 aliphatic heterocycles. The van der Waals surface area contributed by atoms with Crippen molar-refractivity contribution in [1.29, 1.82) is 0 Å². The van der Waals surface area contributed by atoms with E-state index in [-0.39, 0.29) is 10.6 Å². The van der Waals surface area contributed by atoms with Gasteiger partial charge in [-0.2, -0.15) is 0 Å². The quantitative estimate of drug-likeness (QED) is 0.459. The van der Waals surface area contributed by atoms with Crippen molar-refractivity contribution in [2.45, 2.75) is 32.2 Å². The van der Waals surface area contributed by atoms with Gasteiger partial charge in [0.1, 0.15) is 11.4 Å². The lowest BCUT2D eigenvalue weighted by molar-refractivity contribution is -0.383. The summed E-state index contributed by atoms with van der Waals surface area (Å²) in [6.07, 6.45) is 3.18. The van der Waals surface area contributed by atoms with Gasteiger partial charge >= 0.3 is 5.69 Å². The third kappa shape index (κ3) is 2.38. The Morgan fingerprint density at radius 2 is 2.28 bits per heavy atom. The number of nitrogen functional groups attached to an aromatic ring is 1. The molecule has 1 fully saturated rings. The fourth-order valence-electron chi connectivity index (χ4n) is 2.20. The van der Waals surface area contributed by atoms with Crippen LogP contribution in [0.25, 0.3) is 0 Å². The van der Waals surface area contributed by atoms with Crippen LogP contribution in [0.2, 0.25) is 0 Å². The summed E-state index contributed by atoms with van der Waals surface area (Å²) in [5, 5.41) is 11.2. The van der Waals surface area contributed by atoms with E-state index in [1.807, 2.05) is 0 Å². The normalized spacial score (nSPS) is 14.3. The van der Waals surface area contributed by atoms with Crippen LogP contribution < -0.4 is 16.2 Å². The first-order valence-corrected chi connectivity index (χ1v) is 6.19. The molecule has 1 saturated carbocycles. The number of nitrogens with two attached hydrogens (primary N) is 1. The summed E-state index contributed by atoms with van der Waals surface area (Å²) in [7, 11) is 0. The zero-order valence-corrected chi connectivity index (χ0v) is 10.4. The molecule has 2 rings (SSSR count). The Labute approximate surface area is 106 Å². The maximum atomic E-state index is 11.2. The van der Waals surface area contributed by atoms with Crippen molar-refractivity contribution in [3.8, 4) is 0 Å². The molecule has 0 spiro atoms. The second kappa shape index (κ2) is 5.22. The zero-order chi connectivity index (χ0) is 13.1. The Morgan fingerprint density at radius 3 is 2.78 bits per heavy atom. The smallest absolute Gasteiger partial charge is 0.316 e. The highest BCUT2D eigenvalue weighted by Gasteiger charge is 2.33. The van der Waals surface area contributed by atoms with Crippen molar-refractivity contribution in [1.82, 2.24) is 0 Å². The molecule has 1 aromatic carbocycles. The van der Waals surface area contributed by atoms with Gasteiger partial charge in [-0.05, 0) is 31.4 Å². The van der Waals surface area contributed by atoms with Gasteiger partial charge in [0.05, 0.1) is 4.92 Å². The minimum atomic E-state index is -0.366. The number of nitro benzene ring substituents is 1. The number of nitrogens with one attached hydrogen (secondary N) is 1. The van der Waals surface area contributed by atoms with Gasteiger partial charge in [-0.1, -0.05) is 13.0 Å². The van der Waals surface area contributed by atoms with Crippen molar-refractivity contribution in [3.05, 3.63) is 28.3 Å². The summed E-state index contributed by atoms with van der Waals surface area (Å²) in [6.45, 7) is 2.91. The van der Waals surface area contributed by atoms with Crippen LogP contribution in [0.1, 0.15) is 26.2 Å². The maximum Gasteiger partial charge on any atom is 0.316 e. The SMILES string of the molecule is CCCN(c1cccc(NN)c1[N+](=O)[O-])C1CC1. The van der Waals surface area contributed by atoms with Crippen LogP contribution in [-0.4, -0.2) is 17.5 Å². The summed E-state index contributed by atoms with van der Waals surface area (Å²) < 4.78 is 0. The van der Waals surface area contributed by atoms with Crippen LogP contribution in [0.15, 0.2) is 18.2 Å². The van der Waals surface area contributed by atoms with Crippen LogP contribution in [0.3, 0.4) is 0 Å². The Bertz CT molecular complexity index is 446. The second-order valence-corrected chi connectivity index (χ2v) is 4.50. The standard InChI is InChI=1S/C12H18N4O2/c1-2-8-15(9-6-7-9)11-5-3-4-10(14-13)12(11)16(17)18/h3-5,9,14H,2,6-8,13H2,1H3. The number of para-hydroxylation sites is 1. The lowest BCUT2D eigenvalue weighted by atomic mass is 10.2. The third-order valence-electron chi connectivity index (χ3n) is 3.11. The second-order valence-electron chi connectivity index (χ2n) is 4.50. The number of benzene rings is 1. The van der Waals surface area contributed by atoms with Crippen LogP contribution >= 0.6 is 0 Å². The van der Waals surface area contributed by atoms with E-state index in [0.717, 1.165) is 25.8 Å². The van der Waals surface area contributed by atoms with Gasteiger partial charge in [-0.3, -0.25) is 16.0 Å². The van der Waals surface area contributed by atoms with E-state index in [0.29, 0.717) is 17.4 Å². The van der Waals surface area contributed by atoms with Gasteiger partial charge in [0.25, 0.3) is 0 Å². The van der Waals surface area contributed by atoms with Gasteiger partial charge in [0.15, 0.2) is 0 Å². The molecule has 6 heteroatoms. The lowest BCUT2D eigenvalue weighted by Crippen LogP contribution is -2.27. The van der Waals surface area contributed by atoms with Gasteiger partial charge in [-0.25, -0.2) is 0 Å². The summed E-state index contributed by atoms with van der Waals surface area (Å²) in [6, 6.07) is 5.66. The summed E-state index contributed by atoms with van der Waals surface area (Å²) in [5.74, 6) is 5.35. The van der Waals surface area contributed by atoms with Crippen molar-refractivity contribution >= 4 is 17.1 Å². The summed E-state index contributed by atoms with van der Waals surface area (Å²) in [4.78, 5) is 13.0. The third-order valence-corrected chi connectivity index (χ3v) is 3.11. The van der Waals surface area contributed by atoms with E-state index in [9.17, 15) is 10.1 Å². The first kappa shape index (κ1) is 12.6. The fraction of sp³-hybridized carbons (Fsp3) is 0.500. The molecule has 98 valence electrons. The van der Waals surface area contributed by atoms with Crippen molar-refractivity contribution in [2.75, 3.05) is 16.9 Å². The number of rotatable bonds is 6. The molecule has 6 nitrogen and oxygen atoms in total. The number of hydrazine groups is 1. The number of nitro groups is 1. The van der Waals surface area contributed by atoms with Crippen molar-refractivity contribution < 1.29 is 4.92 Å². The number of hydrogen-bond donors (Lipinski definition) is 2. The molecular weight excluding hydrogens is 232 g/mol. The highest BCUT2D eigenvalue weighted by molar-refractivity contribution is 5.77. The zero-order valence-electron chi connectivity index (χ0n) is 10.4. The number of hydrogen-bond acceptors (Lipinski definition) is 5. The van der Waals surface area contributed by atoms with Gasteiger partial charge in [0.2, 0.25) is 0 Å². The monoisotopic (exact) mass is 250 g/mol. The van der Waals surface area contributed by atoms with E-state index >= 15 is 0 Å². The average molecular weight is 250 g/mol. The Kier molecular flexibility index (Phi) is 3.66. The first-order chi connectivity index (χ1) is 8.69. The first-order valence-electron chi connectivity index (χ1n) is 6.19. The molecule has 0 bridgehead atoms. The minimum absolute atomic E-state index is 0.0698. The summed E-state index contributed by atoms with van der Waals surface area (Å²) in [5.41, 5.74) is 3.50. The predicted octanol–water partition coefficient (Wildman–Crippen LogP) is 2.26. The molecule has 1 aliphatic carbocycles. The van der Waals surface area contributed by atoms with Crippen LogP contribution in [0, 0.1) is 10.1 Å². The van der Waals surface area contributed by atoms with E-state index in [1.54, 1.807) is 18.2 Å². The topological polar surface area (TPSA) is 84.4 Å². The largest absolute Gasteiger partial charge is 0.363 e. The maximum absolute atomic E-state index is 11.2. The van der Waals surface area contributed by atoms with Gasteiger partial charge in [0, 0.05) is 12.6 Å². The highest BCUT2D eigenvalue weighted by atomic mass is 16.6. The number of nitrogens with zero attached hydrogens (tertiary/aromatic N) is 2. The lowest BCUT2D eigenvalue weighted by Gasteiger charge is -2.24. The van der Waals surface area contributed by atoms with E-state index in [1.165, 1.54) is 0 Å². The minimum Gasteiger partial charge on any atom is -0.363 e. The molecule has 0 amide bonds. The van der Waals surface area contributed by atoms with E-state index < -0.39 is 0 Å². The molecule has 1 aliphatic rings. The van der Waals surface area contributed by atoms with Crippen LogP contribution in [0.4, 0.5) is 17.1 Å². The Hall–Kier alpha value is -1.82. The average Bonchev–Trinajstić information content (AvgIpc) is 3.19. The molecule has 1 aromatic rings. The van der Waals surface area contributed by atoms with E-state index in [4.69, 9.17) is 5.84 Å². The molecular formula is C12H18N4O2.